The number of nitrogens with zero attached hydrogens (tertiary/aromatic N) is 1. The van der Waals surface area contributed by atoms with E-state index < -0.39 is 0 Å². The van der Waals surface area contributed by atoms with Gasteiger partial charge >= 0.3 is 0 Å². The van der Waals surface area contributed by atoms with Gasteiger partial charge in [-0.15, -0.1) is 0 Å². The molecule has 0 bridgehead atoms. The van der Waals surface area contributed by atoms with Crippen molar-refractivity contribution in [2.24, 2.45) is 0 Å². The van der Waals surface area contributed by atoms with Gasteiger partial charge < -0.3 is 5.32 Å². The number of aromatic nitrogens is 1. The Morgan fingerprint density at radius 3 is 2.59 bits per heavy atom. The summed E-state index contributed by atoms with van der Waals surface area (Å²) in [7, 11) is 1.94. The van der Waals surface area contributed by atoms with E-state index in [0.29, 0.717) is 0 Å². The molecule has 17 heavy (non-hydrogen) atoms. The van der Waals surface area contributed by atoms with Crippen LogP contribution in [0.25, 0.3) is 10.9 Å². The molecule has 2 aromatic rings. The van der Waals surface area contributed by atoms with Crippen molar-refractivity contribution < 1.29 is 0 Å². The number of hydrogen-bond acceptors (Lipinski definition) is 2. The second-order valence-electron chi connectivity index (χ2n) is 4.24. The lowest BCUT2D eigenvalue weighted by atomic mass is 10.0. The molecule has 0 atom stereocenters. The number of halogens is 1. The Bertz CT molecular complexity index is 576. The quantitative estimate of drug-likeness (QED) is 0.865. The highest BCUT2D eigenvalue weighted by molar-refractivity contribution is 6.36. The molecule has 90 valence electrons. The Morgan fingerprint density at radius 1 is 1.29 bits per heavy atom. The van der Waals surface area contributed by atoms with Crippen molar-refractivity contribution in [2.45, 2.75) is 27.2 Å². The average molecular weight is 249 g/mol. The summed E-state index contributed by atoms with van der Waals surface area (Å²) in [6.07, 6.45) is 0.954. The first-order valence-electron chi connectivity index (χ1n) is 5.86. The van der Waals surface area contributed by atoms with Crippen LogP contribution in [0, 0.1) is 13.8 Å². The molecular formula is C14H17ClN2. The Morgan fingerprint density at radius 2 is 2.00 bits per heavy atom. The predicted octanol–water partition coefficient (Wildman–Crippen LogP) is 4.11. The summed E-state index contributed by atoms with van der Waals surface area (Å²) in [5, 5.41) is 5.07. The molecule has 0 spiro atoms. The van der Waals surface area contributed by atoms with Gasteiger partial charge in [-0.25, -0.2) is 0 Å². The Hall–Kier alpha value is -1.28. The summed E-state index contributed by atoms with van der Waals surface area (Å²) >= 11 is 6.31. The van der Waals surface area contributed by atoms with Gasteiger partial charge in [0, 0.05) is 23.8 Å². The topological polar surface area (TPSA) is 24.9 Å². The largest absolute Gasteiger partial charge is 0.387 e. The van der Waals surface area contributed by atoms with E-state index in [-0.39, 0.29) is 0 Å². The highest BCUT2D eigenvalue weighted by Crippen LogP contribution is 2.35. The Kier molecular flexibility index (Phi) is 3.25. The van der Waals surface area contributed by atoms with Crippen LogP contribution in [0.3, 0.4) is 0 Å². The van der Waals surface area contributed by atoms with Gasteiger partial charge in [-0.05, 0) is 37.5 Å². The molecule has 2 rings (SSSR count). The standard InChI is InChI=1S/C14H17ClN2/c1-5-10-9(3)17-13-8(2)6-7-11(15)12(13)14(10)16-4/h6-7H,5H2,1-4H3,(H,16,17). The van der Waals surface area contributed by atoms with Gasteiger partial charge in [0.25, 0.3) is 0 Å². The molecule has 1 N–H and O–H groups in total. The molecule has 0 aliphatic carbocycles. The molecule has 0 radical (unpaired) electrons. The van der Waals surface area contributed by atoms with Gasteiger partial charge in [0.05, 0.1) is 10.5 Å². The predicted molar refractivity (Wildman–Crippen MR) is 75.2 cm³/mol. The SMILES string of the molecule is CCc1c(C)nc2c(C)ccc(Cl)c2c1NC. The van der Waals surface area contributed by atoms with E-state index in [1.54, 1.807) is 0 Å². The lowest BCUT2D eigenvalue weighted by Gasteiger charge is -2.16. The van der Waals surface area contributed by atoms with Crippen molar-refractivity contribution in [3.05, 3.63) is 34.0 Å². The minimum Gasteiger partial charge on any atom is -0.387 e. The first-order chi connectivity index (χ1) is 8.10. The molecule has 0 aliphatic rings. The number of pyridine rings is 1. The molecular weight excluding hydrogens is 232 g/mol. The fourth-order valence-electron chi connectivity index (χ4n) is 2.33. The van der Waals surface area contributed by atoms with Crippen molar-refractivity contribution in [3.8, 4) is 0 Å². The van der Waals surface area contributed by atoms with Crippen molar-refractivity contribution >= 4 is 28.2 Å². The van der Waals surface area contributed by atoms with Gasteiger partial charge in [-0.3, -0.25) is 4.98 Å². The van der Waals surface area contributed by atoms with Crippen molar-refractivity contribution in [1.82, 2.24) is 4.98 Å². The van der Waals surface area contributed by atoms with Crippen LogP contribution < -0.4 is 5.32 Å². The molecule has 1 aromatic heterocycles. The normalized spacial score (nSPS) is 10.9. The van der Waals surface area contributed by atoms with E-state index in [9.17, 15) is 0 Å². The smallest absolute Gasteiger partial charge is 0.0770 e. The van der Waals surface area contributed by atoms with Gasteiger partial charge in [0.2, 0.25) is 0 Å². The maximum Gasteiger partial charge on any atom is 0.0770 e. The average Bonchev–Trinajstić information content (AvgIpc) is 2.32. The van der Waals surface area contributed by atoms with Gasteiger partial charge in [0.15, 0.2) is 0 Å². The van der Waals surface area contributed by atoms with Crippen LogP contribution in [0.15, 0.2) is 12.1 Å². The molecule has 0 fully saturated rings. The molecule has 0 saturated heterocycles. The fourth-order valence-corrected chi connectivity index (χ4v) is 2.58. The van der Waals surface area contributed by atoms with E-state index in [4.69, 9.17) is 16.6 Å². The maximum atomic E-state index is 6.31. The number of anilines is 1. The first-order valence-corrected chi connectivity index (χ1v) is 6.24. The van der Waals surface area contributed by atoms with E-state index in [1.165, 1.54) is 5.56 Å². The monoisotopic (exact) mass is 248 g/mol. The summed E-state index contributed by atoms with van der Waals surface area (Å²) in [4.78, 5) is 4.69. The van der Waals surface area contributed by atoms with E-state index in [2.05, 4.69) is 26.1 Å². The van der Waals surface area contributed by atoms with Crippen LogP contribution in [0.5, 0.6) is 0 Å². The molecule has 1 heterocycles. The second kappa shape index (κ2) is 4.53. The van der Waals surface area contributed by atoms with E-state index >= 15 is 0 Å². The highest BCUT2D eigenvalue weighted by Gasteiger charge is 2.14. The third-order valence-electron chi connectivity index (χ3n) is 3.20. The van der Waals surface area contributed by atoms with Crippen LogP contribution in [0.1, 0.15) is 23.7 Å². The molecule has 0 saturated carbocycles. The number of nitrogens with one attached hydrogen (secondary N) is 1. The van der Waals surface area contributed by atoms with Crippen LogP contribution in [-0.2, 0) is 6.42 Å². The Balaban J connectivity index is 2.98. The van der Waals surface area contributed by atoms with E-state index in [1.807, 2.05) is 19.2 Å². The molecule has 2 nitrogen and oxygen atoms in total. The molecule has 0 aliphatic heterocycles. The van der Waals surface area contributed by atoms with Gasteiger partial charge in [-0.1, -0.05) is 24.6 Å². The summed E-state index contributed by atoms with van der Waals surface area (Å²) in [6.45, 7) is 6.26. The number of aryl methyl sites for hydroxylation is 2. The molecule has 1 aromatic carbocycles. The zero-order chi connectivity index (χ0) is 12.6. The summed E-state index contributed by atoms with van der Waals surface area (Å²) in [5.41, 5.74) is 5.59. The summed E-state index contributed by atoms with van der Waals surface area (Å²) in [5.74, 6) is 0. The highest BCUT2D eigenvalue weighted by atomic mass is 35.5. The van der Waals surface area contributed by atoms with Crippen LogP contribution in [0.2, 0.25) is 5.02 Å². The number of benzene rings is 1. The first kappa shape index (κ1) is 12.2. The number of fused-ring (bicyclic) bond motifs is 1. The third kappa shape index (κ3) is 1.87. The van der Waals surface area contributed by atoms with Gasteiger partial charge in [0.1, 0.15) is 0 Å². The minimum absolute atomic E-state index is 0.761. The summed E-state index contributed by atoms with van der Waals surface area (Å²) < 4.78 is 0. The lowest BCUT2D eigenvalue weighted by molar-refractivity contribution is 1.07. The number of rotatable bonds is 2. The van der Waals surface area contributed by atoms with Crippen molar-refractivity contribution in [1.29, 1.82) is 0 Å². The molecule has 0 unspecified atom stereocenters. The molecule has 0 amide bonds. The lowest BCUT2D eigenvalue weighted by Crippen LogP contribution is -2.02. The van der Waals surface area contributed by atoms with Crippen molar-refractivity contribution in [2.75, 3.05) is 12.4 Å². The minimum atomic E-state index is 0.761. The summed E-state index contributed by atoms with van der Waals surface area (Å²) in [6, 6.07) is 3.96. The zero-order valence-electron chi connectivity index (χ0n) is 10.7. The zero-order valence-corrected chi connectivity index (χ0v) is 11.4. The van der Waals surface area contributed by atoms with E-state index in [0.717, 1.165) is 39.3 Å². The van der Waals surface area contributed by atoms with Gasteiger partial charge in [-0.2, -0.15) is 0 Å². The third-order valence-corrected chi connectivity index (χ3v) is 3.52. The van der Waals surface area contributed by atoms with Crippen molar-refractivity contribution in [3.63, 3.8) is 0 Å². The van der Waals surface area contributed by atoms with Crippen LogP contribution in [-0.4, -0.2) is 12.0 Å². The maximum absolute atomic E-state index is 6.31. The Labute approximate surface area is 107 Å². The fraction of sp³-hybridized carbons (Fsp3) is 0.357. The van der Waals surface area contributed by atoms with Crippen LogP contribution in [0.4, 0.5) is 5.69 Å². The number of hydrogen-bond donors (Lipinski definition) is 1. The van der Waals surface area contributed by atoms with Crippen LogP contribution >= 0.6 is 11.6 Å². The molecule has 3 heteroatoms. The second-order valence-corrected chi connectivity index (χ2v) is 4.65.